The van der Waals surface area contributed by atoms with Gasteiger partial charge in [0, 0.05) is 16.1 Å². The Morgan fingerprint density at radius 2 is 2.08 bits per heavy atom. The van der Waals surface area contributed by atoms with Gasteiger partial charge in [-0.25, -0.2) is 4.98 Å². The molecule has 1 nitrogen and oxygen atoms in total. The number of nitrogens with zero attached hydrogens (tertiary/aromatic N) is 1. The molecule has 2 rings (SSSR count). The fourth-order valence-corrected chi connectivity index (χ4v) is 2.09. The minimum absolute atomic E-state index is 1.05. The average molecular weight is 334 g/mol. The predicted octanol–water partition coefficient (Wildman–Crippen LogP) is 3.60. The summed E-state index contributed by atoms with van der Waals surface area (Å²) in [7, 11) is 0. The summed E-state index contributed by atoms with van der Waals surface area (Å²) in [6.45, 7) is 0. The quantitative estimate of drug-likeness (QED) is 0.530. The zero-order valence-electron chi connectivity index (χ0n) is 6.09. The molecular formula is C9H5BrIN. The number of hydrogen-bond acceptors (Lipinski definition) is 1. The molecule has 0 aliphatic heterocycles. The third-order valence-corrected chi connectivity index (χ3v) is 3.03. The van der Waals surface area contributed by atoms with Crippen LogP contribution in [0.25, 0.3) is 10.8 Å². The van der Waals surface area contributed by atoms with Gasteiger partial charge in [0.15, 0.2) is 0 Å². The lowest BCUT2D eigenvalue weighted by Crippen LogP contribution is -1.81. The summed E-state index contributed by atoms with van der Waals surface area (Å²) in [5, 5.41) is 2.44. The lowest BCUT2D eigenvalue weighted by molar-refractivity contribution is 1.31. The third kappa shape index (κ3) is 1.47. The summed E-state index contributed by atoms with van der Waals surface area (Å²) in [6, 6.07) is 8.23. The molecule has 1 heterocycles. The second-order valence-electron chi connectivity index (χ2n) is 2.47. The molecule has 0 saturated heterocycles. The van der Waals surface area contributed by atoms with Crippen molar-refractivity contribution in [1.82, 2.24) is 4.98 Å². The van der Waals surface area contributed by atoms with E-state index in [4.69, 9.17) is 0 Å². The maximum atomic E-state index is 4.21. The van der Waals surface area contributed by atoms with Crippen molar-refractivity contribution in [3.8, 4) is 0 Å². The first-order valence-corrected chi connectivity index (χ1v) is 5.34. The van der Waals surface area contributed by atoms with Gasteiger partial charge in [0.2, 0.25) is 0 Å². The summed E-state index contributed by atoms with van der Waals surface area (Å²) in [5.74, 6) is 0. The van der Waals surface area contributed by atoms with E-state index in [9.17, 15) is 0 Å². The highest BCUT2D eigenvalue weighted by Crippen LogP contribution is 2.22. The van der Waals surface area contributed by atoms with E-state index in [2.05, 4.69) is 55.6 Å². The predicted molar refractivity (Wildman–Crippen MR) is 62.2 cm³/mol. The number of halogens is 2. The van der Waals surface area contributed by atoms with Gasteiger partial charge in [-0.2, -0.15) is 0 Å². The molecule has 0 unspecified atom stereocenters. The van der Waals surface area contributed by atoms with Crippen molar-refractivity contribution in [2.75, 3.05) is 0 Å². The summed E-state index contributed by atoms with van der Waals surface area (Å²) in [5.41, 5.74) is 0. The maximum absolute atomic E-state index is 4.21. The van der Waals surface area contributed by atoms with Gasteiger partial charge in [0.1, 0.15) is 3.70 Å². The molecule has 1 aromatic heterocycles. The van der Waals surface area contributed by atoms with Crippen LogP contribution in [0.5, 0.6) is 0 Å². The first kappa shape index (κ1) is 8.44. The van der Waals surface area contributed by atoms with Gasteiger partial charge in [-0.15, -0.1) is 0 Å². The molecule has 60 valence electrons. The fraction of sp³-hybridized carbons (Fsp3) is 0. The van der Waals surface area contributed by atoms with Crippen molar-refractivity contribution >= 4 is 49.3 Å². The first-order valence-electron chi connectivity index (χ1n) is 3.47. The molecule has 0 aliphatic carbocycles. The molecule has 0 aliphatic rings. The molecule has 12 heavy (non-hydrogen) atoms. The molecule has 1 aromatic carbocycles. The monoisotopic (exact) mass is 333 g/mol. The molecule has 0 N–H and O–H groups in total. The van der Waals surface area contributed by atoms with Gasteiger partial charge in [0.25, 0.3) is 0 Å². The Morgan fingerprint density at radius 1 is 1.25 bits per heavy atom. The van der Waals surface area contributed by atoms with E-state index < -0.39 is 0 Å². The second kappa shape index (κ2) is 3.30. The summed E-state index contributed by atoms with van der Waals surface area (Å²) in [4.78, 5) is 4.21. The molecular weight excluding hydrogens is 329 g/mol. The molecule has 2 aromatic rings. The van der Waals surface area contributed by atoms with Crippen LogP contribution in [0, 0.1) is 3.70 Å². The lowest BCUT2D eigenvalue weighted by Gasteiger charge is -1.99. The summed E-state index contributed by atoms with van der Waals surface area (Å²) in [6.07, 6.45) is 1.83. The highest BCUT2D eigenvalue weighted by atomic mass is 127. The number of fused-ring (bicyclic) bond motifs is 1. The lowest BCUT2D eigenvalue weighted by atomic mass is 10.2. The number of hydrogen-bond donors (Lipinski definition) is 0. The molecule has 0 saturated carbocycles. The molecule has 0 bridgehead atoms. The van der Waals surface area contributed by atoms with Crippen LogP contribution in [-0.2, 0) is 0 Å². The van der Waals surface area contributed by atoms with Crippen LogP contribution in [0.4, 0.5) is 0 Å². The standard InChI is InChI=1S/C9H5BrIN/c10-7-2-1-6-3-4-12-9(11)8(6)5-7/h1-5H. The minimum Gasteiger partial charge on any atom is -0.250 e. The summed E-state index contributed by atoms with van der Waals surface area (Å²) >= 11 is 5.68. The van der Waals surface area contributed by atoms with E-state index in [0.29, 0.717) is 0 Å². The zero-order chi connectivity index (χ0) is 8.55. The second-order valence-corrected chi connectivity index (χ2v) is 4.40. The fourth-order valence-electron chi connectivity index (χ4n) is 1.11. The minimum atomic E-state index is 1.05. The van der Waals surface area contributed by atoms with Crippen molar-refractivity contribution in [2.45, 2.75) is 0 Å². The normalized spacial score (nSPS) is 10.5. The molecule has 3 heteroatoms. The topological polar surface area (TPSA) is 12.9 Å². The van der Waals surface area contributed by atoms with E-state index in [0.717, 1.165) is 8.17 Å². The van der Waals surface area contributed by atoms with Gasteiger partial charge in [-0.1, -0.05) is 22.0 Å². The van der Waals surface area contributed by atoms with Gasteiger partial charge in [-0.3, -0.25) is 0 Å². The zero-order valence-corrected chi connectivity index (χ0v) is 9.83. The molecule has 0 fully saturated rings. The van der Waals surface area contributed by atoms with Crippen LogP contribution in [0.2, 0.25) is 0 Å². The van der Waals surface area contributed by atoms with E-state index in [1.54, 1.807) is 0 Å². The largest absolute Gasteiger partial charge is 0.250 e. The molecule has 0 amide bonds. The van der Waals surface area contributed by atoms with Gasteiger partial charge in [0.05, 0.1) is 0 Å². The van der Waals surface area contributed by atoms with Crippen LogP contribution >= 0.6 is 38.5 Å². The Labute approximate surface area is 92.5 Å². The van der Waals surface area contributed by atoms with Crippen LogP contribution in [0.15, 0.2) is 34.9 Å². The smallest absolute Gasteiger partial charge is 0.109 e. The van der Waals surface area contributed by atoms with Crippen molar-refractivity contribution in [2.24, 2.45) is 0 Å². The van der Waals surface area contributed by atoms with Gasteiger partial charge < -0.3 is 0 Å². The van der Waals surface area contributed by atoms with E-state index >= 15 is 0 Å². The Morgan fingerprint density at radius 3 is 2.92 bits per heavy atom. The Hall–Kier alpha value is -0.160. The molecule has 0 radical (unpaired) electrons. The molecule has 0 spiro atoms. The van der Waals surface area contributed by atoms with E-state index in [1.165, 1.54) is 10.8 Å². The van der Waals surface area contributed by atoms with Gasteiger partial charge >= 0.3 is 0 Å². The Kier molecular flexibility index (Phi) is 2.32. The maximum Gasteiger partial charge on any atom is 0.109 e. The Bertz CT molecular complexity index is 428. The highest BCUT2D eigenvalue weighted by Gasteiger charge is 1.98. The highest BCUT2D eigenvalue weighted by molar-refractivity contribution is 14.1. The third-order valence-electron chi connectivity index (χ3n) is 1.68. The van der Waals surface area contributed by atoms with Crippen molar-refractivity contribution in [3.05, 3.63) is 38.6 Å². The van der Waals surface area contributed by atoms with Crippen LogP contribution < -0.4 is 0 Å². The van der Waals surface area contributed by atoms with Crippen molar-refractivity contribution < 1.29 is 0 Å². The van der Waals surface area contributed by atoms with Crippen molar-refractivity contribution in [1.29, 1.82) is 0 Å². The van der Waals surface area contributed by atoms with Gasteiger partial charge in [-0.05, 0) is 46.2 Å². The number of rotatable bonds is 0. The Balaban J connectivity index is 2.88. The van der Waals surface area contributed by atoms with Crippen LogP contribution in [0.3, 0.4) is 0 Å². The first-order chi connectivity index (χ1) is 5.77. The van der Waals surface area contributed by atoms with Crippen LogP contribution in [0.1, 0.15) is 0 Å². The molecule has 0 atom stereocenters. The van der Waals surface area contributed by atoms with Crippen molar-refractivity contribution in [3.63, 3.8) is 0 Å². The van der Waals surface area contributed by atoms with Crippen LogP contribution in [-0.4, -0.2) is 4.98 Å². The number of benzene rings is 1. The van der Waals surface area contributed by atoms with E-state index in [1.807, 2.05) is 18.3 Å². The summed E-state index contributed by atoms with van der Waals surface area (Å²) < 4.78 is 2.15. The average Bonchev–Trinajstić information content (AvgIpc) is 2.07. The number of pyridine rings is 1. The number of aromatic nitrogens is 1. The van der Waals surface area contributed by atoms with E-state index in [-0.39, 0.29) is 0 Å². The SMILES string of the molecule is Brc1ccc2ccnc(I)c2c1.